The molecular weight excluding hydrogens is 441 g/mol. The number of carbonyl (C=O) groups is 1. The van der Waals surface area contributed by atoms with Gasteiger partial charge in [0.25, 0.3) is 5.91 Å². The Bertz CT molecular complexity index is 1490. The number of carbonyl (C=O) groups excluding carboxylic acids is 1. The SMILES string of the molecule is Cc1c(C(=O)N2CCc3[nH]cnc3[C@H]2c2nc3c(F)cccc3s2)cnn1-c1ccccn1. The van der Waals surface area contributed by atoms with Gasteiger partial charge in [-0.3, -0.25) is 4.79 Å². The number of nitrogens with zero attached hydrogens (tertiary/aromatic N) is 6. The normalized spacial score (nSPS) is 15.7. The second kappa shape index (κ2) is 7.59. The molecule has 4 aromatic heterocycles. The zero-order valence-electron chi connectivity index (χ0n) is 17.6. The van der Waals surface area contributed by atoms with Gasteiger partial charge in [-0.2, -0.15) is 5.10 Å². The zero-order chi connectivity index (χ0) is 22.5. The average Bonchev–Trinajstić information content (AvgIpc) is 3.57. The fraction of sp³-hybridized carbons (Fsp3) is 0.174. The van der Waals surface area contributed by atoms with Crippen molar-refractivity contribution in [2.45, 2.75) is 19.4 Å². The lowest BCUT2D eigenvalue weighted by Gasteiger charge is -2.33. The molecule has 0 radical (unpaired) electrons. The number of imidazole rings is 1. The van der Waals surface area contributed by atoms with Crippen molar-refractivity contribution < 1.29 is 9.18 Å². The van der Waals surface area contributed by atoms with Crippen LogP contribution in [-0.2, 0) is 6.42 Å². The van der Waals surface area contributed by atoms with Gasteiger partial charge in [0.1, 0.15) is 22.4 Å². The van der Waals surface area contributed by atoms with Crippen molar-refractivity contribution in [3.63, 3.8) is 0 Å². The van der Waals surface area contributed by atoms with Gasteiger partial charge < -0.3 is 9.88 Å². The summed E-state index contributed by atoms with van der Waals surface area (Å²) in [6, 6.07) is 9.92. The van der Waals surface area contributed by atoms with Gasteiger partial charge in [-0.25, -0.2) is 24.0 Å². The number of hydrogen-bond donors (Lipinski definition) is 1. The highest BCUT2D eigenvalue weighted by Crippen LogP contribution is 2.38. The number of nitrogens with one attached hydrogen (secondary N) is 1. The lowest BCUT2D eigenvalue weighted by Crippen LogP contribution is -2.41. The maximum atomic E-state index is 14.4. The van der Waals surface area contributed by atoms with Gasteiger partial charge in [0.05, 0.1) is 34.2 Å². The molecule has 0 saturated carbocycles. The monoisotopic (exact) mass is 459 g/mol. The Morgan fingerprint density at radius 2 is 2.12 bits per heavy atom. The smallest absolute Gasteiger partial charge is 0.258 e. The van der Waals surface area contributed by atoms with Crippen molar-refractivity contribution in [3.8, 4) is 5.82 Å². The largest absolute Gasteiger partial charge is 0.348 e. The minimum atomic E-state index is -0.512. The number of pyridine rings is 1. The Labute approximate surface area is 191 Å². The Balaban J connectivity index is 1.44. The molecule has 10 heteroatoms. The van der Waals surface area contributed by atoms with Crippen molar-refractivity contribution in [3.05, 3.63) is 88.6 Å². The third-order valence-corrected chi connectivity index (χ3v) is 6.99. The second-order valence-corrected chi connectivity index (χ2v) is 8.86. The fourth-order valence-electron chi connectivity index (χ4n) is 4.28. The van der Waals surface area contributed by atoms with E-state index in [0.29, 0.717) is 40.6 Å². The number of fused-ring (bicyclic) bond motifs is 2. The average molecular weight is 460 g/mol. The lowest BCUT2D eigenvalue weighted by atomic mass is 10.0. The van der Waals surface area contributed by atoms with Crippen molar-refractivity contribution in [2.24, 2.45) is 0 Å². The van der Waals surface area contributed by atoms with Crippen molar-refractivity contribution in [2.75, 3.05) is 6.54 Å². The predicted molar refractivity (Wildman–Crippen MR) is 121 cm³/mol. The summed E-state index contributed by atoms with van der Waals surface area (Å²) in [6.07, 6.45) is 5.53. The molecule has 0 unspecified atom stereocenters. The van der Waals surface area contributed by atoms with E-state index in [1.54, 1.807) is 34.4 Å². The molecule has 0 bridgehead atoms. The molecule has 0 aliphatic carbocycles. The van der Waals surface area contributed by atoms with Crippen LogP contribution < -0.4 is 0 Å². The number of halogens is 1. The van der Waals surface area contributed by atoms with Crippen molar-refractivity contribution in [1.29, 1.82) is 0 Å². The topological polar surface area (TPSA) is 92.6 Å². The minimum absolute atomic E-state index is 0.173. The zero-order valence-corrected chi connectivity index (χ0v) is 18.4. The summed E-state index contributed by atoms with van der Waals surface area (Å²) in [5, 5.41) is 5.03. The van der Waals surface area contributed by atoms with Gasteiger partial charge in [0.15, 0.2) is 5.82 Å². The van der Waals surface area contributed by atoms with E-state index in [1.165, 1.54) is 17.4 Å². The van der Waals surface area contributed by atoms with Crippen LogP contribution in [0, 0.1) is 12.7 Å². The number of hydrogen-bond acceptors (Lipinski definition) is 6. The summed E-state index contributed by atoms with van der Waals surface area (Å²) in [7, 11) is 0. The van der Waals surface area contributed by atoms with E-state index in [4.69, 9.17) is 0 Å². The molecule has 1 aromatic carbocycles. The number of rotatable bonds is 3. The van der Waals surface area contributed by atoms with Crippen LogP contribution in [0.25, 0.3) is 16.0 Å². The third kappa shape index (κ3) is 3.13. The van der Waals surface area contributed by atoms with E-state index < -0.39 is 6.04 Å². The van der Waals surface area contributed by atoms with E-state index in [-0.39, 0.29) is 11.7 Å². The number of thiazole rings is 1. The van der Waals surface area contributed by atoms with Gasteiger partial charge in [-0.05, 0) is 31.2 Å². The van der Waals surface area contributed by atoms with Crippen LogP contribution in [0.15, 0.2) is 55.1 Å². The second-order valence-electron chi connectivity index (χ2n) is 7.80. The lowest BCUT2D eigenvalue weighted by molar-refractivity contribution is 0.0689. The number of benzene rings is 1. The highest BCUT2D eigenvalue weighted by Gasteiger charge is 2.37. The number of aromatic amines is 1. The molecule has 1 atom stereocenters. The molecular formula is C23H18FN7OS. The van der Waals surface area contributed by atoms with Gasteiger partial charge >= 0.3 is 0 Å². The van der Waals surface area contributed by atoms with Gasteiger partial charge in [0, 0.05) is 24.9 Å². The van der Waals surface area contributed by atoms with Crippen molar-refractivity contribution >= 4 is 27.5 Å². The summed E-state index contributed by atoms with van der Waals surface area (Å²) in [5.74, 6) is 0.0898. The summed E-state index contributed by atoms with van der Waals surface area (Å²) < 4.78 is 16.8. The van der Waals surface area contributed by atoms with Gasteiger partial charge in [-0.1, -0.05) is 12.1 Å². The summed E-state index contributed by atoms with van der Waals surface area (Å²) in [6.45, 7) is 2.33. The molecule has 8 nitrogen and oxygen atoms in total. The molecule has 1 aliphatic heterocycles. The number of para-hydroxylation sites is 1. The number of H-pyrrole nitrogens is 1. The summed E-state index contributed by atoms with van der Waals surface area (Å²) >= 11 is 1.38. The maximum Gasteiger partial charge on any atom is 0.258 e. The Morgan fingerprint density at radius 3 is 2.94 bits per heavy atom. The molecule has 5 aromatic rings. The molecule has 164 valence electrons. The molecule has 6 rings (SSSR count). The maximum absolute atomic E-state index is 14.4. The third-order valence-electron chi connectivity index (χ3n) is 5.91. The van der Waals surface area contributed by atoms with E-state index >= 15 is 0 Å². The van der Waals surface area contributed by atoms with Crippen LogP contribution in [0.1, 0.15) is 38.5 Å². The molecule has 0 fully saturated rings. The summed E-state index contributed by atoms with van der Waals surface area (Å²) in [5.41, 5.74) is 3.19. The van der Waals surface area contributed by atoms with E-state index in [2.05, 4.69) is 25.0 Å². The highest BCUT2D eigenvalue weighted by molar-refractivity contribution is 7.18. The standard InChI is InChI=1S/C23H18FN7OS/c1-13-14(11-28-31(13)18-7-2-3-9-25-18)23(32)30-10-8-16-20(27-12-26-16)21(30)22-29-19-15(24)5-4-6-17(19)33-22/h2-7,9,11-12,21H,8,10H2,1H3,(H,26,27)/t21-/m0/s1. The van der Waals surface area contributed by atoms with E-state index in [0.717, 1.165) is 16.1 Å². The quantitative estimate of drug-likeness (QED) is 0.443. The molecule has 1 aliphatic rings. The molecule has 1 amide bonds. The molecule has 33 heavy (non-hydrogen) atoms. The number of amides is 1. The van der Waals surface area contributed by atoms with Crippen LogP contribution in [0.3, 0.4) is 0 Å². The Hall–Kier alpha value is -3.92. The first-order valence-electron chi connectivity index (χ1n) is 10.5. The first kappa shape index (κ1) is 19.7. The Kier molecular flexibility index (Phi) is 4.54. The van der Waals surface area contributed by atoms with Crippen LogP contribution in [0.2, 0.25) is 0 Å². The molecule has 1 N–H and O–H groups in total. The van der Waals surface area contributed by atoms with E-state index in [9.17, 15) is 9.18 Å². The minimum Gasteiger partial charge on any atom is -0.348 e. The van der Waals surface area contributed by atoms with Gasteiger partial charge in [-0.15, -0.1) is 11.3 Å². The first-order chi connectivity index (χ1) is 16.1. The van der Waals surface area contributed by atoms with Crippen molar-refractivity contribution in [1.82, 2.24) is 34.6 Å². The molecule has 5 heterocycles. The highest BCUT2D eigenvalue weighted by atomic mass is 32.1. The van der Waals surface area contributed by atoms with Crippen LogP contribution >= 0.6 is 11.3 Å². The molecule has 0 saturated heterocycles. The van der Waals surface area contributed by atoms with E-state index in [1.807, 2.05) is 31.2 Å². The predicted octanol–water partition coefficient (Wildman–Crippen LogP) is 3.84. The first-order valence-corrected chi connectivity index (χ1v) is 11.3. The summed E-state index contributed by atoms with van der Waals surface area (Å²) in [4.78, 5) is 32.1. The van der Waals surface area contributed by atoms with Gasteiger partial charge in [0.2, 0.25) is 0 Å². The van der Waals surface area contributed by atoms with Crippen LogP contribution in [-0.4, -0.2) is 47.1 Å². The Morgan fingerprint density at radius 1 is 1.21 bits per heavy atom. The molecule has 0 spiro atoms. The fourth-order valence-corrected chi connectivity index (χ4v) is 5.38. The van der Waals surface area contributed by atoms with Crippen LogP contribution in [0.5, 0.6) is 0 Å². The van der Waals surface area contributed by atoms with Crippen LogP contribution in [0.4, 0.5) is 4.39 Å². The number of aromatic nitrogens is 6.